The van der Waals surface area contributed by atoms with E-state index in [9.17, 15) is 4.79 Å². The smallest absolute Gasteiger partial charge is 0.307 e. The summed E-state index contributed by atoms with van der Waals surface area (Å²) in [6.45, 7) is 7.54. The third kappa shape index (κ3) is 4.99. The lowest BCUT2D eigenvalue weighted by Gasteiger charge is -2.17. The van der Waals surface area contributed by atoms with E-state index in [4.69, 9.17) is 26.2 Å². The van der Waals surface area contributed by atoms with E-state index in [2.05, 4.69) is 0 Å². The largest absolute Gasteiger partial charge is 0.491 e. The second-order valence-electron chi connectivity index (χ2n) is 4.79. The Morgan fingerprint density at radius 1 is 1.16 bits per heavy atom. The van der Waals surface area contributed by atoms with Gasteiger partial charge in [-0.25, -0.2) is 0 Å². The molecule has 0 atom stereocenters. The Kier molecular flexibility index (Phi) is 5.48. The Balaban J connectivity index is 3.15. The van der Waals surface area contributed by atoms with E-state index in [1.807, 2.05) is 27.7 Å². The molecule has 1 rings (SSSR count). The van der Waals surface area contributed by atoms with Crippen molar-refractivity contribution in [3.8, 4) is 11.5 Å². The summed E-state index contributed by atoms with van der Waals surface area (Å²) in [6.07, 6.45) is -0.209. The van der Waals surface area contributed by atoms with Crippen LogP contribution < -0.4 is 9.47 Å². The molecule has 4 nitrogen and oxygen atoms in total. The van der Waals surface area contributed by atoms with Crippen LogP contribution in [0.25, 0.3) is 0 Å². The molecule has 19 heavy (non-hydrogen) atoms. The lowest BCUT2D eigenvalue weighted by molar-refractivity contribution is -0.136. The van der Waals surface area contributed by atoms with Crippen molar-refractivity contribution in [2.45, 2.75) is 46.3 Å². The Bertz CT molecular complexity index is 455. The van der Waals surface area contributed by atoms with Crippen molar-refractivity contribution >= 4 is 17.6 Å². The lowest BCUT2D eigenvalue weighted by atomic mass is 10.1. The first-order valence-electron chi connectivity index (χ1n) is 6.17. The number of rotatable bonds is 6. The first-order valence-corrected chi connectivity index (χ1v) is 6.55. The first kappa shape index (κ1) is 15.6. The minimum Gasteiger partial charge on any atom is -0.491 e. The van der Waals surface area contributed by atoms with Crippen molar-refractivity contribution < 1.29 is 19.4 Å². The van der Waals surface area contributed by atoms with Gasteiger partial charge in [0.25, 0.3) is 0 Å². The molecule has 0 heterocycles. The number of carboxylic acid groups (broad SMARTS) is 1. The van der Waals surface area contributed by atoms with Gasteiger partial charge in [-0.15, -0.1) is 0 Å². The van der Waals surface area contributed by atoms with Crippen LogP contribution in [0.15, 0.2) is 12.1 Å². The molecule has 0 aliphatic rings. The lowest BCUT2D eigenvalue weighted by Crippen LogP contribution is -2.11. The first-order chi connectivity index (χ1) is 8.79. The molecule has 0 aromatic heterocycles. The van der Waals surface area contributed by atoms with Crippen molar-refractivity contribution in [1.29, 1.82) is 0 Å². The summed E-state index contributed by atoms with van der Waals surface area (Å²) < 4.78 is 11.2. The highest BCUT2D eigenvalue weighted by molar-refractivity contribution is 6.32. The number of hydrogen-bond acceptors (Lipinski definition) is 3. The van der Waals surface area contributed by atoms with Crippen LogP contribution in [0.2, 0.25) is 5.02 Å². The number of benzene rings is 1. The predicted molar refractivity (Wildman–Crippen MR) is 74.3 cm³/mol. The quantitative estimate of drug-likeness (QED) is 0.869. The third-order valence-electron chi connectivity index (χ3n) is 2.18. The number of ether oxygens (including phenoxy) is 2. The van der Waals surface area contributed by atoms with Crippen LogP contribution in [0, 0.1) is 0 Å². The third-order valence-corrected chi connectivity index (χ3v) is 2.48. The minimum atomic E-state index is -0.929. The van der Waals surface area contributed by atoms with Crippen molar-refractivity contribution in [3.63, 3.8) is 0 Å². The minimum absolute atomic E-state index is 0.0188. The van der Waals surface area contributed by atoms with Gasteiger partial charge in [-0.2, -0.15) is 0 Å². The fraction of sp³-hybridized carbons (Fsp3) is 0.500. The molecule has 1 aromatic carbocycles. The zero-order valence-corrected chi connectivity index (χ0v) is 12.3. The number of halogens is 1. The molecule has 106 valence electrons. The maximum absolute atomic E-state index is 10.9. The van der Waals surface area contributed by atoms with Gasteiger partial charge in [0.05, 0.1) is 23.7 Å². The molecule has 1 N–H and O–H groups in total. The van der Waals surface area contributed by atoms with Gasteiger partial charge >= 0.3 is 5.97 Å². The monoisotopic (exact) mass is 286 g/mol. The van der Waals surface area contributed by atoms with Crippen molar-refractivity contribution in [3.05, 3.63) is 22.7 Å². The molecule has 0 saturated carbocycles. The highest BCUT2D eigenvalue weighted by atomic mass is 35.5. The molecule has 0 radical (unpaired) electrons. The van der Waals surface area contributed by atoms with Crippen LogP contribution in [-0.4, -0.2) is 23.3 Å². The standard InChI is InChI=1S/C14H19ClO4/c1-8(2)18-12-7-13(19-9(3)4)11(15)5-10(12)6-14(16)17/h5,7-9H,6H2,1-4H3,(H,16,17). The van der Waals surface area contributed by atoms with Crippen molar-refractivity contribution in [2.75, 3.05) is 0 Å². The molecule has 0 saturated heterocycles. The topological polar surface area (TPSA) is 55.8 Å². The van der Waals surface area contributed by atoms with Crippen molar-refractivity contribution in [1.82, 2.24) is 0 Å². The molecule has 0 amide bonds. The summed E-state index contributed by atoms with van der Waals surface area (Å²) >= 11 is 6.09. The number of carbonyl (C=O) groups is 1. The number of hydrogen-bond donors (Lipinski definition) is 1. The maximum Gasteiger partial charge on any atom is 0.307 e. The second-order valence-corrected chi connectivity index (χ2v) is 5.20. The van der Waals surface area contributed by atoms with Crippen LogP contribution in [-0.2, 0) is 11.2 Å². The summed E-state index contributed by atoms with van der Waals surface area (Å²) in [5.74, 6) is 0.0705. The van der Waals surface area contributed by atoms with Gasteiger partial charge in [0.1, 0.15) is 11.5 Å². The zero-order valence-electron chi connectivity index (χ0n) is 11.6. The van der Waals surface area contributed by atoms with E-state index in [1.54, 1.807) is 12.1 Å². The summed E-state index contributed by atoms with van der Waals surface area (Å²) in [6, 6.07) is 3.24. The van der Waals surface area contributed by atoms with E-state index < -0.39 is 5.97 Å². The highest BCUT2D eigenvalue weighted by Gasteiger charge is 2.15. The molecule has 0 aliphatic carbocycles. The maximum atomic E-state index is 10.9. The van der Waals surface area contributed by atoms with Gasteiger partial charge in [0.2, 0.25) is 0 Å². The zero-order chi connectivity index (χ0) is 14.6. The molecule has 0 bridgehead atoms. The molecule has 0 unspecified atom stereocenters. The average molecular weight is 287 g/mol. The summed E-state index contributed by atoms with van der Waals surface area (Å²) in [5, 5.41) is 9.29. The summed E-state index contributed by atoms with van der Waals surface area (Å²) in [4.78, 5) is 10.9. The van der Waals surface area contributed by atoms with E-state index in [0.717, 1.165) is 0 Å². The van der Waals surface area contributed by atoms with Crippen molar-refractivity contribution in [2.24, 2.45) is 0 Å². The molecule has 0 spiro atoms. The molecular formula is C14H19ClO4. The van der Waals surface area contributed by atoms with Crippen LogP contribution in [0.3, 0.4) is 0 Å². The van der Waals surface area contributed by atoms with Crippen LogP contribution >= 0.6 is 11.6 Å². The van der Waals surface area contributed by atoms with Crippen LogP contribution in [0.4, 0.5) is 0 Å². The van der Waals surface area contributed by atoms with Gasteiger partial charge in [-0.3, -0.25) is 4.79 Å². The molecule has 5 heteroatoms. The number of carboxylic acids is 1. The van der Waals surface area contributed by atoms with Gasteiger partial charge in [-0.1, -0.05) is 11.6 Å². The fourth-order valence-corrected chi connectivity index (χ4v) is 1.82. The van der Waals surface area contributed by atoms with Crippen LogP contribution in [0.5, 0.6) is 11.5 Å². The van der Waals surface area contributed by atoms with Gasteiger partial charge in [-0.05, 0) is 33.8 Å². The Morgan fingerprint density at radius 2 is 1.68 bits per heavy atom. The Morgan fingerprint density at radius 3 is 2.16 bits per heavy atom. The van der Waals surface area contributed by atoms with E-state index in [-0.39, 0.29) is 18.6 Å². The van der Waals surface area contributed by atoms with Gasteiger partial charge < -0.3 is 14.6 Å². The summed E-state index contributed by atoms with van der Waals surface area (Å²) in [5.41, 5.74) is 0.544. The van der Waals surface area contributed by atoms with Gasteiger partial charge in [0, 0.05) is 11.6 Å². The molecular weight excluding hydrogens is 268 g/mol. The molecule has 1 aromatic rings. The predicted octanol–water partition coefficient (Wildman–Crippen LogP) is 3.54. The normalized spacial score (nSPS) is 10.9. The number of aliphatic carboxylic acids is 1. The van der Waals surface area contributed by atoms with E-state index in [0.29, 0.717) is 22.1 Å². The average Bonchev–Trinajstić information content (AvgIpc) is 2.22. The summed E-state index contributed by atoms with van der Waals surface area (Å²) in [7, 11) is 0. The Labute approximate surface area is 118 Å². The van der Waals surface area contributed by atoms with Gasteiger partial charge in [0.15, 0.2) is 0 Å². The SMILES string of the molecule is CC(C)Oc1cc(OC(C)C)c(CC(=O)O)cc1Cl. The Hall–Kier alpha value is -1.42. The van der Waals surface area contributed by atoms with E-state index in [1.165, 1.54) is 0 Å². The second kappa shape index (κ2) is 6.66. The fourth-order valence-electron chi connectivity index (χ4n) is 1.58. The molecule has 0 fully saturated rings. The molecule has 0 aliphatic heterocycles. The highest BCUT2D eigenvalue weighted by Crippen LogP contribution is 2.34. The van der Waals surface area contributed by atoms with Crippen LogP contribution in [0.1, 0.15) is 33.3 Å². The van der Waals surface area contributed by atoms with E-state index >= 15 is 0 Å².